The van der Waals surface area contributed by atoms with Crippen LogP contribution in [0, 0.1) is 11.8 Å². The van der Waals surface area contributed by atoms with Gasteiger partial charge in [-0.3, -0.25) is 4.79 Å². The van der Waals surface area contributed by atoms with E-state index in [2.05, 4.69) is 55.3 Å². The number of hydrogen-bond donors (Lipinski definition) is 1. The Morgan fingerprint density at radius 2 is 1.89 bits per heavy atom. The van der Waals surface area contributed by atoms with Gasteiger partial charge in [-0.15, -0.1) is 0 Å². The smallest absolute Gasteiger partial charge is 0.407 e. The van der Waals surface area contributed by atoms with Crippen molar-refractivity contribution >= 4 is 12.0 Å². The van der Waals surface area contributed by atoms with Crippen molar-refractivity contribution < 1.29 is 14.3 Å². The zero-order valence-corrected chi connectivity index (χ0v) is 16.4. The zero-order valence-electron chi connectivity index (χ0n) is 16.4. The molecule has 5 heteroatoms. The molecule has 2 aliphatic carbocycles. The van der Waals surface area contributed by atoms with Gasteiger partial charge in [-0.1, -0.05) is 45.0 Å². The number of carbonyl (C=O) groups is 2. The van der Waals surface area contributed by atoms with Gasteiger partial charge >= 0.3 is 6.09 Å². The maximum Gasteiger partial charge on any atom is 0.407 e. The molecule has 5 nitrogen and oxygen atoms in total. The fourth-order valence-corrected chi connectivity index (χ4v) is 5.43. The summed E-state index contributed by atoms with van der Waals surface area (Å²) in [5.41, 5.74) is 2.80. The SMILES string of the molecule is CC(C)(C)c1ccc(C23CC2CN(C(=O)C2CC4(COC(=O)N4)C2)C3)cc1. The first-order valence-electron chi connectivity index (χ1n) is 10.1. The molecule has 1 spiro atoms. The minimum atomic E-state index is -0.346. The number of hydrogen-bond acceptors (Lipinski definition) is 3. The van der Waals surface area contributed by atoms with Crippen LogP contribution in [-0.2, 0) is 20.4 Å². The third kappa shape index (κ3) is 2.58. The monoisotopic (exact) mass is 368 g/mol. The molecule has 2 aliphatic heterocycles. The number of piperidine rings is 1. The molecule has 2 heterocycles. The summed E-state index contributed by atoms with van der Waals surface area (Å²) in [4.78, 5) is 26.3. The first-order valence-corrected chi connectivity index (χ1v) is 10.1. The molecule has 4 fully saturated rings. The number of nitrogens with zero attached hydrogens (tertiary/aromatic N) is 1. The Morgan fingerprint density at radius 3 is 2.48 bits per heavy atom. The van der Waals surface area contributed by atoms with Crippen LogP contribution in [0.2, 0.25) is 0 Å². The lowest BCUT2D eigenvalue weighted by molar-refractivity contribution is -0.140. The lowest BCUT2D eigenvalue weighted by atomic mass is 9.68. The number of amides is 2. The molecule has 144 valence electrons. The van der Waals surface area contributed by atoms with Gasteiger partial charge in [0.15, 0.2) is 0 Å². The van der Waals surface area contributed by atoms with Crippen molar-refractivity contribution in [2.24, 2.45) is 11.8 Å². The summed E-state index contributed by atoms with van der Waals surface area (Å²) in [7, 11) is 0. The molecule has 0 aromatic heterocycles. The topological polar surface area (TPSA) is 58.6 Å². The highest BCUT2D eigenvalue weighted by atomic mass is 16.6. The molecule has 1 N–H and O–H groups in total. The van der Waals surface area contributed by atoms with Crippen molar-refractivity contribution in [3.8, 4) is 0 Å². The average molecular weight is 368 g/mol. The molecule has 4 aliphatic rings. The fraction of sp³-hybridized carbons (Fsp3) is 0.636. The highest BCUT2D eigenvalue weighted by Gasteiger charge is 2.63. The Bertz CT molecular complexity index is 804. The molecular weight excluding hydrogens is 340 g/mol. The number of rotatable bonds is 2. The van der Waals surface area contributed by atoms with E-state index in [9.17, 15) is 9.59 Å². The van der Waals surface area contributed by atoms with Gasteiger partial charge in [-0.25, -0.2) is 4.79 Å². The van der Waals surface area contributed by atoms with E-state index in [1.54, 1.807) is 0 Å². The highest BCUT2D eigenvalue weighted by molar-refractivity contribution is 5.82. The Balaban J connectivity index is 1.24. The molecule has 0 radical (unpaired) electrons. The molecule has 27 heavy (non-hydrogen) atoms. The molecule has 0 bridgehead atoms. The first-order chi connectivity index (χ1) is 12.7. The Hall–Kier alpha value is -2.04. The molecular formula is C22H28N2O3. The van der Waals surface area contributed by atoms with Crippen LogP contribution in [0.3, 0.4) is 0 Å². The normalized spacial score (nSPS) is 36.9. The zero-order chi connectivity index (χ0) is 19.0. The molecule has 2 unspecified atom stereocenters. The largest absolute Gasteiger partial charge is 0.447 e. The van der Waals surface area contributed by atoms with Gasteiger partial charge < -0.3 is 15.0 Å². The Morgan fingerprint density at radius 1 is 1.19 bits per heavy atom. The summed E-state index contributed by atoms with van der Waals surface area (Å²) >= 11 is 0. The molecule has 2 amide bonds. The van der Waals surface area contributed by atoms with Crippen LogP contribution in [-0.4, -0.2) is 42.1 Å². The predicted molar refractivity (Wildman–Crippen MR) is 101 cm³/mol. The summed E-state index contributed by atoms with van der Waals surface area (Å²) in [5.74, 6) is 0.898. The van der Waals surface area contributed by atoms with Crippen LogP contribution < -0.4 is 5.32 Å². The average Bonchev–Trinajstić information content (AvgIpc) is 2.96. The van der Waals surface area contributed by atoms with Crippen molar-refractivity contribution in [2.45, 2.75) is 56.4 Å². The standard InChI is InChI=1S/C22H28N2O3/c1-20(2,3)15-4-6-16(7-5-15)22-10-17(22)11-24(12-22)18(25)14-8-21(9-14)13-27-19(26)23-21/h4-7,14,17H,8-13H2,1-3H3,(H,23,26). The number of fused-ring (bicyclic) bond motifs is 1. The van der Waals surface area contributed by atoms with Gasteiger partial charge in [0.2, 0.25) is 5.91 Å². The summed E-state index contributed by atoms with van der Waals surface area (Å²) in [6.07, 6.45) is 2.28. The number of benzene rings is 1. The quantitative estimate of drug-likeness (QED) is 0.873. The van der Waals surface area contributed by atoms with Crippen molar-refractivity contribution in [1.29, 1.82) is 0 Å². The maximum atomic E-state index is 12.9. The van der Waals surface area contributed by atoms with E-state index < -0.39 is 0 Å². The lowest BCUT2D eigenvalue weighted by Gasteiger charge is -2.43. The van der Waals surface area contributed by atoms with Gasteiger partial charge in [0.05, 0.1) is 5.54 Å². The Kier molecular flexibility index (Phi) is 3.33. The van der Waals surface area contributed by atoms with Crippen molar-refractivity contribution in [3.05, 3.63) is 35.4 Å². The van der Waals surface area contributed by atoms with Gasteiger partial charge in [0.1, 0.15) is 6.61 Å². The summed E-state index contributed by atoms with van der Waals surface area (Å²) in [6, 6.07) is 9.06. The van der Waals surface area contributed by atoms with Gasteiger partial charge in [0.25, 0.3) is 0 Å². The summed E-state index contributed by atoms with van der Waals surface area (Å²) < 4.78 is 5.02. The van der Waals surface area contributed by atoms with Crippen LogP contribution in [0.5, 0.6) is 0 Å². The van der Waals surface area contributed by atoms with Crippen molar-refractivity contribution in [1.82, 2.24) is 10.2 Å². The number of carbonyl (C=O) groups excluding carboxylic acids is 2. The molecule has 2 saturated heterocycles. The van der Waals surface area contributed by atoms with Gasteiger partial charge in [-0.2, -0.15) is 0 Å². The van der Waals surface area contributed by atoms with E-state index in [1.165, 1.54) is 17.5 Å². The van der Waals surface area contributed by atoms with E-state index in [1.807, 2.05) is 0 Å². The number of ether oxygens (including phenoxy) is 1. The van der Waals surface area contributed by atoms with E-state index >= 15 is 0 Å². The summed E-state index contributed by atoms with van der Waals surface area (Å²) in [6.45, 7) is 8.84. The van der Waals surface area contributed by atoms with Gasteiger partial charge in [0, 0.05) is 24.4 Å². The molecule has 1 aromatic rings. The van der Waals surface area contributed by atoms with Crippen molar-refractivity contribution in [2.75, 3.05) is 19.7 Å². The number of cyclic esters (lactones) is 1. The first kappa shape index (κ1) is 17.1. The molecule has 2 atom stereocenters. The number of likely N-dealkylation sites (tertiary alicyclic amines) is 1. The second-order valence-electron chi connectivity index (χ2n) is 10.2. The van der Waals surface area contributed by atoms with Crippen LogP contribution in [0.1, 0.15) is 51.2 Å². The Labute approximate surface area is 160 Å². The second-order valence-corrected chi connectivity index (χ2v) is 10.2. The molecule has 5 rings (SSSR count). The van der Waals surface area contributed by atoms with Crippen LogP contribution in [0.4, 0.5) is 4.79 Å². The van der Waals surface area contributed by atoms with E-state index in [4.69, 9.17) is 4.74 Å². The van der Waals surface area contributed by atoms with E-state index in [0.717, 1.165) is 13.1 Å². The maximum absolute atomic E-state index is 12.9. The third-order valence-electron chi connectivity index (χ3n) is 7.25. The summed E-state index contributed by atoms with van der Waals surface area (Å²) in [5, 5.41) is 2.88. The van der Waals surface area contributed by atoms with Crippen LogP contribution in [0.25, 0.3) is 0 Å². The van der Waals surface area contributed by atoms with Crippen LogP contribution in [0.15, 0.2) is 24.3 Å². The predicted octanol–water partition coefficient (Wildman–Crippen LogP) is 2.97. The molecule has 1 aromatic carbocycles. The third-order valence-corrected chi connectivity index (χ3v) is 7.25. The molecule has 2 saturated carbocycles. The minimum Gasteiger partial charge on any atom is -0.447 e. The number of alkyl carbamates (subject to hydrolysis) is 1. The van der Waals surface area contributed by atoms with Crippen molar-refractivity contribution in [3.63, 3.8) is 0 Å². The second kappa shape index (κ2) is 5.27. The van der Waals surface area contributed by atoms with Gasteiger partial charge in [-0.05, 0) is 41.7 Å². The fourth-order valence-electron chi connectivity index (χ4n) is 5.43. The van der Waals surface area contributed by atoms with E-state index in [-0.39, 0.29) is 34.3 Å². The highest BCUT2D eigenvalue weighted by Crippen LogP contribution is 2.59. The lowest BCUT2D eigenvalue weighted by Crippen LogP contribution is -2.58. The van der Waals surface area contributed by atoms with Crippen LogP contribution >= 0.6 is 0 Å². The number of nitrogens with one attached hydrogen (secondary N) is 1. The van der Waals surface area contributed by atoms with E-state index in [0.29, 0.717) is 25.4 Å². The minimum absolute atomic E-state index is 0.0322.